The fourth-order valence-electron chi connectivity index (χ4n) is 1.15. The Kier molecular flexibility index (Phi) is 2.54. The van der Waals surface area contributed by atoms with Gasteiger partial charge in [-0.05, 0) is 17.6 Å². The maximum absolute atomic E-state index is 9.88. The highest BCUT2D eigenvalue weighted by molar-refractivity contribution is 7.03. The number of aliphatic hydroxyl groups excluding tert-OH is 1. The fourth-order valence-corrected chi connectivity index (χ4v) is 1.83. The Bertz CT molecular complexity index is 426. The van der Waals surface area contributed by atoms with E-state index in [-0.39, 0.29) is 0 Å². The molecule has 0 radical (unpaired) electrons. The fraction of sp³-hybridized carbons (Fsp3) is 0.250. The van der Waals surface area contributed by atoms with Crippen molar-refractivity contribution in [2.75, 3.05) is 0 Å². The van der Waals surface area contributed by atoms with Crippen LogP contribution in [0.25, 0.3) is 0 Å². The van der Waals surface area contributed by atoms with Gasteiger partial charge in [-0.15, -0.1) is 0 Å². The van der Waals surface area contributed by atoms with Crippen LogP contribution in [0.15, 0.2) is 17.6 Å². The van der Waals surface area contributed by atoms with Crippen molar-refractivity contribution < 1.29 is 5.11 Å². The molecule has 0 spiro atoms. The highest BCUT2D eigenvalue weighted by atomic mass is 35.5. The minimum atomic E-state index is -0.807. The van der Waals surface area contributed by atoms with Gasteiger partial charge in [0, 0.05) is 12.4 Å². The van der Waals surface area contributed by atoms with Crippen LogP contribution in [0, 0.1) is 0 Å². The maximum Gasteiger partial charge on any atom is 0.155 e. The van der Waals surface area contributed by atoms with Crippen LogP contribution in [0.1, 0.15) is 17.6 Å². The molecule has 74 valence electrons. The van der Waals surface area contributed by atoms with E-state index in [0.29, 0.717) is 16.7 Å². The van der Waals surface area contributed by atoms with Crippen LogP contribution in [0.5, 0.6) is 0 Å². The van der Waals surface area contributed by atoms with Gasteiger partial charge in [0.1, 0.15) is 11.0 Å². The van der Waals surface area contributed by atoms with Crippen LogP contribution in [0.3, 0.4) is 0 Å². The second-order valence-electron chi connectivity index (χ2n) is 2.82. The quantitative estimate of drug-likeness (QED) is 0.851. The van der Waals surface area contributed by atoms with E-state index < -0.39 is 6.10 Å². The Morgan fingerprint density at radius 1 is 1.64 bits per heavy atom. The van der Waals surface area contributed by atoms with Crippen LogP contribution in [-0.4, -0.2) is 19.0 Å². The van der Waals surface area contributed by atoms with E-state index in [1.54, 1.807) is 17.7 Å². The molecule has 0 aliphatic rings. The average molecular weight is 230 g/mol. The van der Waals surface area contributed by atoms with Gasteiger partial charge in [-0.3, -0.25) is 0 Å². The largest absolute Gasteiger partial charge is 0.379 e. The molecule has 2 aromatic rings. The highest BCUT2D eigenvalue weighted by Crippen LogP contribution is 2.22. The molecule has 0 saturated heterocycles. The summed E-state index contributed by atoms with van der Waals surface area (Å²) in [6, 6.07) is 1.76. The molecule has 0 bridgehead atoms. The van der Waals surface area contributed by atoms with Crippen LogP contribution in [0.4, 0.5) is 0 Å². The van der Waals surface area contributed by atoms with Crippen LogP contribution >= 0.6 is 23.1 Å². The van der Waals surface area contributed by atoms with Crippen LogP contribution < -0.4 is 0 Å². The lowest BCUT2D eigenvalue weighted by Gasteiger charge is -2.07. The Hall–Kier alpha value is -0.910. The number of hydrogen-bond acceptors (Lipinski definition) is 4. The van der Waals surface area contributed by atoms with Gasteiger partial charge in [0.25, 0.3) is 0 Å². The van der Waals surface area contributed by atoms with Gasteiger partial charge in [-0.25, -0.2) is 4.98 Å². The summed E-state index contributed by atoms with van der Waals surface area (Å²) < 4.78 is 5.67. The van der Waals surface area contributed by atoms with Crippen LogP contribution in [0.2, 0.25) is 5.15 Å². The number of nitrogens with zero attached hydrogens (tertiary/aromatic N) is 3. The highest BCUT2D eigenvalue weighted by Gasteiger charge is 2.18. The third-order valence-electron chi connectivity index (χ3n) is 1.95. The zero-order valence-corrected chi connectivity index (χ0v) is 8.96. The maximum atomic E-state index is 9.88. The predicted octanol–water partition coefficient (Wildman–Crippen LogP) is 1.61. The normalized spacial score (nSPS) is 13.1. The minimum absolute atomic E-state index is 0.495. The summed E-state index contributed by atoms with van der Waals surface area (Å²) in [4.78, 5) is 4.02. The number of hydrogen-bond donors (Lipinski definition) is 1. The van der Waals surface area contributed by atoms with Gasteiger partial charge in [0.05, 0.1) is 11.9 Å². The SMILES string of the molecule is Cn1c(Cl)cnc1C(O)c1ccsn1. The van der Waals surface area contributed by atoms with Gasteiger partial charge in [-0.2, -0.15) is 4.37 Å². The second-order valence-corrected chi connectivity index (χ2v) is 3.88. The molecule has 1 unspecified atom stereocenters. The van der Waals surface area contributed by atoms with Crippen molar-refractivity contribution >= 4 is 23.1 Å². The van der Waals surface area contributed by atoms with Crippen molar-refractivity contribution in [1.29, 1.82) is 0 Å². The third kappa shape index (κ3) is 1.54. The van der Waals surface area contributed by atoms with Crippen molar-refractivity contribution in [3.8, 4) is 0 Å². The molecule has 1 atom stereocenters. The number of halogens is 1. The zero-order valence-electron chi connectivity index (χ0n) is 7.38. The summed E-state index contributed by atoms with van der Waals surface area (Å²) in [5.74, 6) is 0.501. The van der Waals surface area contributed by atoms with Crippen LogP contribution in [-0.2, 0) is 7.05 Å². The summed E-state index contributed by atoms with van der Waals surface area (Å²) in [5.41, 5.74) is 0.598. The van der Waals surface area contributed by atoms with E-state index in [0.717, 1.165) is 0 Å². The summed E-state index contributed by atoms with van der Waals surface area (Å²) in [6.45, 7) is 0. The smallest absolute Gasteiger partial charge is 0.155 e. The van der Waals surface area contributed by atoms with Gasteiger partial charge in [0.15, 0.2) is 6.10 Å². The first-order valence-electron chi connectivity index (χ1n) is 3.95. The number of aliphatic hydroxyl groups is 1. The van der Waals surface area contributed by atoms with Crippen molar-refractivity contribution in [3.05, 3.63) is 34.3 Å². The first kappa shape index (κ1) is 9.64. The zero-order chi connectivity index (χ0) is 10.1. The Morgan fingerprint density at radius 2 is 2.43 bits per heavy atom. The predicted molar refractivity (Wildman–Crippen MR) is 54.4 cm³/mol. The first-order valence-corrected chi connectivity index (χ1v) is 5.17. The topological polar surface area (TPSA) is 50.9 Å². The number of aromatic nitrogens is 3. The molecule has 0 saturated carbocycles. The van der Waals surface area contributed by atoms with E-state index in [4.69, 9.17) is 11.6 Å². The van der Waals surface area contributed by atoms with Crippen molar-refractivity contribution in [1.82, 2.24) is 13.9 Å². The molecule has 4 nitrogen and oxygen atoms in total. The molecular formula is C8H8ClN3OS. The number of imidazole rings is 1. The Labute approximate surface area is 90.0 Å². The monoisotopic (exact) mass is 229 g/mol. The second kappa shape index (κ2) is 3.68. The van der Waals surface area contributed by atoms with Gasteiger partial charge in [0.2, 0.25) is 0 Å². The molecule has 0 aromatic carbocycles. The molecule has 0 fully saturated rings. The molecule has 0 aliphatic heterocycles. The summed E-state index contributed by atoms with van der Waals surface area (Å²) >= 11 is 7.10. The third-order valence-corrected chi connectivity index (χ3v) is 2.88. The van der Waals surface area contributed by atoms with Gasteiger partial charge >= 0.3 is 0 Å². The van der Waals surface area contributed by atoms with Crippen molar-refractivity contribution in [2.24, 2.45) is 7.05 Å². The molecular weight excluding hydrogens is 222 g/mol. The molecule has 0 aliphatic carbocycles. The van der Waals surface area contributed by atoms with Crippen molar-refractivity contribution in [3.63, 3.8) is 0 Å². The number of rotatable bonds is 2. The molecule has 2 aromatic heterocycles. The first-order chi connectivity index (χ1) is 6.70. The lowest BCUT2D eigenvalue weighted by molar-refractivity contribution is 0.202. The summed E-state index contributed by atoms with van der Waals surface area (Å²) in [6.07, 6.45) is 0.700. The molecule has 0 amide bonds. The average Bonchev–Trinajstić information content (AvgIpc) is 2.77. The van der Waals surface area contributed by atoms with Crippen molar-refractivity contribution in [2.45, 2.75) is 6.10 Å². The van der Waals surface area contributed by atoms with E-state index in [1.165, 1.54) is 17.7 Å². The summed E-state index contributed by atoms with van der Waals surface area (Å²) in [7, 11) is 1.75. The van der Waals surface area contributed by atoms with E-state index in [9.17, 15) is 5.11 Å². The molecule has 2 heterocycles. The Balaban J connectivity index is 2.36. The lowest BCUT2D eigenvalue weighted by Crippen LogP contribution is -2.07. The van der Waals surface area contributed by atoms with E-state index >= 15 is 0 Å². The van der Waals surface area contributed by atoms with Gasteiger partial charge in [-0.1, -0.05) is 11.6 Å². The molecule has 1 N–H and O–H groups in total. The minimum Gasteiger partial charge on any atom is -0.379 e. The van der Waals surface area contributed by atoms with E-state index in [1.807, 2.05) is 5.38 Å². The van der Waals surface area contributed by atoms with Gasteiger partial charge < -0.3 is 9.67 Å². The molecule has 2 rings (SSSR count). The summed E-state index contributed by atoms with van der Waals surface area (Å²) in [5, 5.41) is 12.2. The molecule has 14 heavy (non-hydrogen) atoms. The lowest BCUT2D eigenvalue weighted by atomic mass is 10.2. The molecule has 6 heteroatoms. The Morgan fingerprint density at radius 3 is 2.93 bits per heavy atom. The standard InChI is InChI=1S/C8H8ClN3OS/c1-12-6(9)4-10-8(12)7(13)5-2-3-14-11-5/h2-4,7,13H,1H3. The van der Waals surface area contributed by atoms with E-state index in [2.05, 4.69) is 9.36 Å².